The minimum atomic E-state index is -4.54. The number of ether oxygens (including phenoxy) is 1. The zero-order valence-electron chi connectivity index (χ0n) is 17.9. The number of rotatable bonds is 5. The van der Waals surface area contributed by atoms with E-state index in [-0.39, 0.29) is 36.1 Å². The number of piperidine rings is 1. The van der Waals surface area contributed by atoms with E-state index in [9.17, 15) is 22.4 Å². The summed E-state index contributed by atoms with van der Waals surface area (Å²) in [6, 6.07) is 0.861. The van der Waals surface area contributed by atoms with Gasteiger partial charge in [0.25, 0.3) is 0 Å². The number of nitrogens with zero attached hydrogens (tertiary/aromatic N) is 3. The molecule has 11 heteroatoms. The Kier molecular flexibility index (Phi) is 6.49. The Morgan fingerprint density at radius 2 is 2.09 bits per heavy atom. The maximum Gasteiger partial charge on any atom is 0.417 e. The van der Waals surface area contributed by atoms with Gasteiger partial charge >= 0.3 is 12.3 Å². The highest BCUT2D eigenvalue weighted by Gasteiger charge is 2.37. The van der Waals surface area contributed by atoms with Crippen LogP contribution in [-0.2, 0) is 17.5 Å². The average molecular weight is 475 g/mol. The summed E-state index contributed by atoms with van der Waals surface area (Å²) >= 11 is 1.05. The second kappa shape index (κ2) is 9.01. The number of alkyl carbamates (subject to hydrolysis) is 1. The molecule has 0 radical (unpaired) electrons. The molecule has 0 bridgehead atoms. The third-order valence-electron chi connectivity index (χ3n) is 5.70. The lowest BCUT2D eigenvalue weighted by Crippen LogP contribution is -2.48. The van der Waals surface area contributed by atoms with E-state index in [0.717, 1.165) is 42.5 Å². The number of thiophene rings is 1. The van der Waals surface area contributed by atoms with Crippen LogP contribution in [0.3, 0.4) is 0 Å². The van der Waals surface area contributed by atoms with Gasteiger partial charge in [-0.25, -0.2) is 14.2 Å². The largest absolute Gasteiger partial charge is 0.443 e. The van der Waals surface area contributed by atoms with E-state index in [2.05, 4.69) is 15.2 Å². The van der Waals surface area contributed by atoms with Gasteiger partial charge in [-0.3, -0.25) is 4.90 Å². The number of carbonyl (C=O) groups excluding carboxylic acids is 1. The van der Waals surface area contributed by atoms with Gasteiger partial charge in [-0.05, 0) is 44.8 Å². The van der Waals surface area contributed by atoms with Crippen molar-refractivity contribution in [3.63, 3.8) is 0 Å². The summed E-state index contributed by atoms with van der Waals surface area (Å²) in [4.78, 5) is 20.0. The topological polar surface area (TPSA) is 57.7 Å². The number of hydrogen-bond donors (Lipinski definition) is 1. The first-order valence-electron chi connectivity index (χ1n) is 10.7. The Balaban J connectivity index is 1.57. The molecule has 0 aromatic carbocycles. The van der Waals surface area contributed by atoms with Crippen molar-refractivity contribution in [2.75, 3.05) is 31.1 Å². The Bertz CT molecular complexity index is 977. The molecule has 32 heavy (non-hydrogen) atoms. The number of pyridine rings is 1. The van der Waals surface area contributed by atoms with Gasteiger partial charge in [0.05, 0.1) is 22.3 Å². The lowest BCUT2D eigenvalue weighted by Gasteiger charge is -2.35. The molecule has 0 unspecified atom stereocenters. The monoisotopic (exact) mass is 474 g/mol. The highest BCUT2D eigenvalue weighted by atomic mass is 32.1. The molecule has 1 N–H and O–H groups in total. The summed E-state index contributed by atoms with van der Waals surface area (Å²) in [5, 5.41) is 4.28. The molecule has 4 rings (SSSR count). The summed E-state index contributed by atoms with van der Waals surface area (Å²) in [6.07, 6.45) is -6.47. The zero-order chi connectivity index (χ0) is 23.0. The normalized spacial score (nSPS) is 22.3. The molecule has 2 aromatic rings. The number of alkyl halides is 4. The van der Waals surface area contributed by atoms with Crippen LogP contribution in [0.2, 0.25) is 0 Å². The number of aromatic nitrogens is 1. The van der Waals surface area contributed by atoms with Crippen molar-refractivity contribution in [1.82, 2.24) is 15.2 Å². The van der Waals surface area contributed by atoms with Gasteiger partial charge in [-0.2, -0.15) is 13.2 Å². The molecule has 176 valence electrons. The summed E-state index contributed by atoms with van der Waals surface area (Å²) < 4.78 is 61.5. The van der Waals surface area contributed by atoms with Crippen LogP contribution >= 0.6 is 11.3 Å². The average Bonchev–Trinajstić information content (AvgIpc) is 3.07. The summed E-state index contributed by atoms with van der Waals surface area (Å²) in [5.41, 5.74) is 0.344. The number of likely N-dealkylation sites (tertiary alicyclic amines) is 1. The lowest BCUT2D eigenvalue weighted by atomic mass is 10.1. The standard InChI is InChI=1S/C21H26F4N4O2S/c1-12(2)26-20(30)31-16-4-7-29(10-15(16)22)17-8-14(21(23,24)25)19-18(27-17)13(11-32-19)9-28-5-3-6-28/h8,11-12,15-16H,3-7,9-10H2,1-2H3,(H,26,30)/t15-,16-/m0/s1. The zero-order valence-corrected chi connectivity index (χ0v) is 18.7. The number of anilines is 1. The van der Waals surface area contributed by atoms with Crippen LogP contribution in [0.1, 0.15) is 37.8 Å². The molecule has 2 aliphatic rings. The van der Waals surface area contributed by atoms with Crippen molar-refractivity contribution in [2.45, 2.75) is 57.7 Å². The van der Waals surface area contributed by atoms with Crippen LogP contribution in [0.5, 0.6) is 0 Å². The van der Waals surface area contributed by atoms with E-state index < -0.39 is 30.1 Å². The quantitative estimate of drug-likeness (QED) is 0.644. The number of amides is 1. The van der Waals surface area contributed by atoms with Crippen LogP contribution in [0.15, 0.2) is 11.4 Å². The molecule has 1 amide bonds. The van der Waals surface area contributed by atoms with E-state index >= 15 is 0 Å². The molecule has 2 atom stereocenters. The van der Waals surface area contributed by atoms with Gasteiger partial charge in [0, 0.05) is 31.1 Å². The predicted molar refractivity (Wildman–Crippen MR) is 115 cm³/mol. The molecule has 0 aliphatic carbocycles. The van der Waals surface area contributed by atoms with Crippen LogP contribution in [0.4, 0.5) is 28.2 Å². The Hall–Kier alpha value is -2.14. The second-order valence-electron chi connectivity index (χ2n) is 8.59. The van der Waals surface area contributed by atoms with Crippen molar-refractivity contribution in [1.29, 1.82) is 0 Å². The van der Waals surface area contributed by atoms with E-state index in [1.54, 1.807) is 19.2 Å². The van der Waals surface area contributed by atoms with Gasteiger partial charge in [0.15, 0.2) is 6.17 Å². The van der Waals surface area contributed by atoms with Gasteiger partial charge in [0.2, 0.25) is 0 Å². The first kappa shape index (κ1) is 23.0. The number of nitrogens with one attached hydrogen (secondary N) is 1. The minimum Gasteiger partial charge on any atom is -0.443 e. The molecule has 2 aromatic heterocycles. The first-order chi connectivity index (χ1) is 15.1. The third kappa shape index (κ3) is 4.93. The summed E-state index contributed by atoms with van der Waals surface area (Å²) in [7, 11) is 0. The predicted octanol–water partition coefficient (Wildman–Crippen LogP) is 4.57. The van der Waals surface area contributed by atoms with Gasteiger partial charge < -0.3 is 15.0 Å². The van der Waals surface area contributed by atoms with E-state index in [1.165, 1.54) is 4.90 Å². The van der Waals surface area contributed by atoms with Crippen molar-refractivity contribution in [3.05, 3.63) is 22.6 Å². The molecular formula is C21H26F4N4O2S. The lowest BCUT2D eigenvalue weighted by molar-refractivity contribution is -0.136. The molecular weight excluding hydrogens is 448 g/mol. The van der Waals surface area contributed by atoms with Crippen molar-refractivity contribution in [2.24, 2.45) is 0 Å². The number of hydrogen-bond acceptors (Lipinski definition) is 6. The first-order valence-corrected chi connectivity index (χ1v) is 11.6. The fourth-order valence-corrected chi connectivity index (χ4v) is 4.98. The highest BCUT2D eigenvalue weighted by molar-refractivity contribution is 7.17. The van der Waals surface area contributed by atoms with Crippen LogP contribution in [-0.4, -0.2) is 60.5 Å². The Morgan fingerprint density at radius 1 is 1.34 bits per heavy atom. The molecule has 6 nitrogen and oxygen atoms in total. The van der Waals surface area contributed by atoms with Gasteiger partial charge in [0.1, 0.15) is 11.9 Å². The SMILES string of the molecule is CC(C)NC(=O)O[C@H]1CCN(c2cc(C(F)(F)F)c3scc(CN4CCC4)c3n2)C[C@@H]1F. The Labute approximate surface area is 187 Å². The molecule has 2 saturated heterocycles. The van der Waals surface area contributed by atoms with E-state index in [4.69, 9.17) is 4.74 Å². The fourth-order valence-electron chi connectivity index (χ4n) is 3.94. The molecule has 0 spiro atoms. The Morgan fingerprint density at radius 3 is 2.69 bits per heavy atom. The van der Waals surface area contributed by atoms with Crippen LogP contribution < -0.4 is 10.2 Å². The number of fused-ring (bicyclic) bond motifs is 1. The molecule has 0 saturated carbocycles. The highest BCUT2D eigenvalue weighted by Crippen LogP contribution is 2.41. The van der Waals surface area contributed by atoms with Crippen molar-refractivity contribution in [3.8, 4) is 0 Å². The van der Waals surface area contributed by atoms with Crippen LogP contribution in [0, 0.1) is 0 Å². The minimum absolute atomic E-state index is 0.0980. The third-order valence-corrected chi connectivity index (χ3v) is 6.75. The van der Waals surface area contributed by atoms with Gasteiger partial charge in [-0.1, -0.05) is 0 Å². The van der Waals surface area contributed by atoms with Crippen molar-refractivity contribution >= 4 is 33.5 Å². The molecule has 4 heterocycles. The summed E-state index contributed by atoms with van der Waals surface area (Å²) in [5.74, 6) is 0.0980. The van der Waals surface area contributed by atoms with Crippen LogP contribution in [0.25, 0.3) is 10.2 Å². The van der Waals surface area contributed by atoms with Gasteiger partial charge in [-0.15, -0.1) is 11.3 Å². The van der Waals surface area contributed by atoms with E-state index in [1.807, 2.05) is 0 Å². The summed E-state index contributed by atoms with van der Waals surface area (Å²) in [6.45, 7) is 5.97. The van der Waals surface area contributed by atoms with Crippen molar-refractivity contribution < 1.29 is 27.1 Å². The van der Waals surface area contributed by atoms with E-state index in [0.29, 0.717) is 12.1 Å². The maximum absolute atomic E-state index is 14.8. The fraction of sp³-hybridized carbons (Fsp3) is 0.619. The number of carbonyl (C=O) groups is 1. The molecule has 2 fully saturated rings. The molecule has 2 aliphatic heterocycles. The smallest absolute Gasteiger partial charge is 0.417 e. The maximum atomic E-state index is 14.8. The number of halogens is 4. The second-order valence-corrected chi connectivity index (χ2v) is 9.47.